The molecule has 0 aliphatic rings. The van der Waals surface area contributed by atoms with Gasteiger partial charge < -0.3 is 15.1 Å². The third-order valence-corrected chi connectivity index (χ3v) is 2.67. The highest BCUT2D eigenvalue weighted by Gasteiger charge is 2.18. The molecule has 0 heterocycles. The first-order valence-corrected chi connectivity index (χ1v) is 5.77. The van der Waals surface area contributed by atoms with Crippen LogP contribution in [0.4, 0.5) is 5.69 Å². The molecule has 0 fully saturated rings. The number of benzene rings is 1. The number of carbonyl (C=O) groups excluding carboxylic acids is 1. The van der Waals surface area contributed by atoms with Crippen LogP contribution in [0.15, 0.2) is 18.2 Å². The molecular weight excluding hydrogens is 252 g/mol. The zero-order valence-electron chi connectivity index (χ0n) is 10.6. The Balaban J connectivity index is 2.98. The first-order chi connectivity index (χ1) is 9.01. The first-order valence-electron chi connectivity index (χ1n) is 5.77. The molecule has 2 N–H and O–H groups in total. The van der Waals surface area contributed by atoms with Crippen molar-refractivity contribution in [2.75, 3.05) is 26.3 Å². The van der Waals surface area contributed by atoms with Gasteiger partial charge >= 0.3 is 0 Å². The quantitative estimate of drug-likeness (QED) is 0.571. The van der Waals surface area contributed by atoms with Crippen molar-refractivity contribution in [1.82, 2.24) is 4.90 Å². The average molecular weight is 268 g/mol. The molecule has 104 valence electrons. The third kappa shape index (κ3) is 3.73. The van der Waals surface area contributed by atoms with Gasteiger partial charge in [0.1, 0.15) is 0 Å². The lowest BCUT2D eigenvalue weighted by atomic mass is 10.1. The van der Waals surface area contributed by atoms with Gasteiger partial charge in [-0.05, 0) is 19.1 Å². The zero-order valence-corrected chi connectivity index (χ0v) is 10.6. The van der Waals surface area contributed by atoms with E-state index < -0.39 is 4.92 Å². The largest absolute Gasteiger partial charge is 0.395 e. The lowest BCUT2D eigenvalue weighted by molar-refractivity contribution is -0.385. The second kappa shape index (κ2) is 6.81. The highest BCUT2D eigenvalue weighted by molar-refractivity contribution is 5.94. The number of amides is 1. The molecule has 0 atom stereocenters. The van der Waals surface area contributed by atoms with E-state index in [0.29, 0.717) is 11.1 Å². The summed E-state index contributed by atoms with van der Waals surface area (Å²) in [4.78, 5) is 23.6. The topological polar surface area (TPSA) is 104 Å². The maximum Gasteiger partial charge on any atom is 0.272 e. The van der Waals surface area contributed by atoms with Crippen molar-refractivity contribution >= 4 is 11.6 Å². The Labute approximate surface area is 110 Å². The van der Waals surface area contributed by atoms with Crippen LogP contribution in [0.5, 0.6) is 0 Å². The molecule has 0 radical (unpaired) electrons. The van der Waals surface area contributed by atoms with Crippen LogP contribution < -0.4 is 0 Å². The Hall–Kier alpha value is -1.99. The Morgan fingerprint density at radius 2 is 1.89 bits per heavy atom. The molecule has 1 amide bonds. The van der Waals surface area contributed by atoms with Gasteiger partial charge in [-0.1, -0.05) is 0 Å². The van der Waals surface area contributed by atoms with E-state index in [1.807, 2.05) is 0 Å². The Morgan fingerprint density at radius 1 is 1.32 bits per heavy atom. The molecule has 0 unspecified atom stereocenters. The fraction of sp³-hybridized carbons (Fsp3) is 0.417. The summed E-state index contributed by atoms with van der Waals surface area (Å²) in [5.74, 6) is -0.374. The second-order valence-corrected chi connectivity index (χ2v) is 4.00. The number of hydrogen-bond acceptors (Lipinski definition) is 5. The summed E-state index contributed by atoms with van der Waals surface area (Å²) in [6.07, 6.45) is 0. The maximum atomic E-state index is 12.1. The van der Waals surface area contributed by atoms with Crippen molar-refractivity contribution < 1.29 is 19.9 Å². The van der Waals surface area contributed by atoms with Crippen LogP contribution >= 0.6 is 0 Å². The number of nitro groups is 1. The van der Waals surface area contributed by atoms with Crippen LogP contribution in [0.2, 0.25) is 0 Å². The van der Waals surface area contributed by atoms with Crippen molar-refractivity contribution in [2.45, 2.75) is 6.92 Å². The summed E-state index contributed by atoms with van der Waals surface area (Å²) in [6.45, 7) is 1.34. The number of nitro benzene ring substituents is 1. The fourth-order valence-electron chi connectivity index (χ4n) is 1.73. The molecule has 7 nitrogen and oxygen atoms in total. The van der Waals surface area contributed by atoms with Gasteiger partial charge in [-0.15, -0.1) is 0 Å². The average Bonchev–Trinajstić information content (AvgIpc) is 2.37. The van der Waals surface area contributed by atoms with Crippen molar-refractivity contribution in [3.8, 4) is 0 Å². The van der Waals surface area contributed by atoms with E-state index in [4.69, 9.17) is 10.2 Å². The van der Waals surface area contributed by atoms with E-state index in [9.17, 15) is 14.9 Å². The van der Waals surface area contributed by atoms with Crippen molar-refractivity contribution in [2.24, 2.45) is 0 Å². The summed E-state index contributed by atoms with van der Waals surface area (Å²) in [7, 11) is 0. The summed E-state index contributed by atoms with van der Waals surface area (Å²) >= 11 is 0. The Bertz CT molecular complexity index is 469. The maximum absolute atomic E-state index is 12.1. The van der Waals surface area contributed by atoms with Crippen LogP contribution in [0.1, 0.15) is 15.9 Å². The van der Waals surface area contributed by atoms with E-state index in [2.05, 4.69) is 0 Å². The third-order valence-electron chi connectivity index (χ3n) is 2.67. The Kier molecular flexibility index (Phi) is 5.40. The molecule has 0 spiro atoms. The van der Waals surface area contributed by atoms with Gasteiger partial charge in [0.15, 0.2) is 0 Å². The molecule has 1 rings (SSSR count). The van der Waals surface area contributed by atoms with Crippen LogP contribution in [0, 0.1) is 17.0 Å². The fourth-order valence-corrected chi connectivity index (χ4v) is 1.73. The van der Waals surface area contributed by atoms with Gasteiger partial charge in [0, 0.05) is 30.3 Å². The van der Waals surface area contributed by atoms with E-state index >= 15 is 0 Å². The summed E-state index contributed by atoms with van der Waals surface area (Å²) in [5.41, 5.74) is 0.640. The lowest BCUT2D eigenvalue weighted by Crippen LogP contribution is -2.35. The van der Waals surface area contributed by atoms with Crippen molar-refractivity contribution in [3.05, 3.63) is 39.4 Å². The molecule has 0 aromatic heterocycles. The molecule has 0 aliphatic heterocycles. The first kappa shape index (κ1) is 15.1. The minimum absolute atomic E-state index is 0.0487. The number of aryl methyl sites for hydroxylation is 1. The minimum atomic E-state index is -0.511. The van der Waals surface area contributed by atoms with E-state index in [1.54, 1.807) is 6.92 Å². The highest BCUT2D eigenvalue weighted by Crippen LogP contribution is 2.19. The molecular formula is C12H16N2O5. The van der Waals surface area contributed by atoms with Crippen LogP contribution in [-0.2, 0) is 0 Å². The molecule has 7 heteroatoms. The standard InChI is InChI=1S/C12H16N2O5/c1-9-8-10(2-3-11(9)14(18)19)12(17)13(4-6-15)5-7-16/h2-3,8,15-16H,4-7H2,1H3. The smallest absolute Gasteiger partial charge is 0.272 e. The van der Waals surface area contributed by atoms with Gasteiger partial charge in [-0.2, -0.15) is 0 Å². The highest BCUT2D eigenvalue weighted by atomic mass is 16.6. The number of nitrogens with zero attached hydrogens (tertiary/aromatic N) is 2. The van der Waals surface area contributed by atoms with Crippen molar-refractivity contribution in [1.29, 1.82) is 0 Å². The molecule has 0 bridgehead atoms. The van der Waals surface area contributed by atoms with Gasteiger partial charge in [-0.25, -0.2) is 0 Å². The SMILES string of the molecule is Cc1cc(C(=O)N(CCO)CCO)ccc1[N+](=O)[O-]. The monoisotopic (exact) mass is 268 g/mol. The lowest BCUT2D eigenvalue weighted by Gasteiger charge is -2.20. The zero-order chi connectivity index (χ0) is 14.4. The summed E-state index contributed by atoms with van der Waals surface area (Å²) in [6, 6.07) is 4.08. The Morgan fingerprint density at radius 3 is 2.32 bits per heavy atom. The van der Waals surface area contributed by atoms with Gasteiger partial charge in [0.05, 0.1) is 18.1 Å². The predicted molar refractivity (Wildman–Crippen MR) is 67.9 cm³/mol. The van der Waals surface area contributed by atoms with Crippen LogP contribution in [0.25, 0.3) is 0 Å². The molecule has 1 aromatic carbocycles. The van der Waals surface area contributed by atoms with Gasteiger partial charge in [-0.3, -0.25) is 14.9 Å². The van der Waals surface area contributed by atoms with Crippen molar-refractivity contribution in [3.63, 3.8) is 0 Å². The predicted octanol–water partition coefficient (Wildman–Crippen LogP) is 0.330. The van der Waals surface area contributed by atoms with Crippen LogP contribution in [-0.4, -0.2) is 52.2 Å². The molecule has 19 heavy (non-hydrogen) atoms. The number of aliphatic hydroxyl groups is 2. The summed E-state index contributed by atoms with van der Waals surface area (Å²) < 4.78 is 0. The van der Waals surface area contributed by atoms with Gasteiger partial charge in [0.2, 0.25) is 0 Å². The molecule has 0 saturated heterocycles. The number of carbonyl (C=O) groups is 1. The second-order valence-electron chi connectivity index (χ2n) is 4.00. The molecule has 0 aliphatic carbocycles. The number of rotatable bonds is 6. The van der Waals surface area contributed by atoms with E-state index in [-0.39, 0.29) is 37.9 Å². The number of aliphatic hydroxyl groups excluding tert-OH is 2. The van der Waals surface area contributed by atoms with Gasteiger partial charge in [0.25, 0.3) is 11.6 Å². The van der Waals surface area contributed by atoms with E-state index in [0.717, 1.165) is 0 Å². The number of hydrogen-bond donors (Lipinski definition) is 2. The minimum Gasteiger partial charge on any atom is -0.395 e. The summed E-state index contributed by atoms with van der Waals surface area (Å²) in [5, 5.41) is 28.4. The van der Waals surface area contributed by atoms with E-state index in [1.165, 1.54) is 23.1 Å². The van der Waals surface area contributed by atoms with Crippen LogP contribution in [0.3, 0.4) is 0 Å². The molecule has 0 saturated carbocycles. The molecule has 1 aromatic rings. The normalized spacial score (nSPS) is 10.3.